The molecular formula is C32H44N2O6S. The monoisotopic (exact) mass is 584 g/mol. The minimum absolute atomic E-state index is 0.0318. The quantitative estimate of drug-likeness (QED) is 0.123. The Morgan fingerprint density at radius 3 is 2.32 bits per heavy atom. The number of unbranched alkanes of at least 4 members (excludes halogenated alkanes) is 4. The van der Waals surface area contributed by atoms with Crippen LogP contribution >= 0.6 is 0 Å². The van der Waals surface area contributed by atoms with Crippen LogP contribution in [0.15, 0.2) is 77.7 Å². The number of phenols is 1. The number of nitrogens with one attached hydrogen (secondary N) is 2. The van der Waals surface area contributed by atoms with Gasteiger partial charge in [-0.25, -0.2) is 13.1 Å². The van der Waals surface area contributed by atoms with Gasteiger partial charge in [-0.1, -0.05) is 61.4 Å². The average molecular weight is 585 g/mol. The fourth-order valence-corrected chi connectivity index (χ4v) is 5.55. The van der Waals surface area contributed by atoms with E-state index in [9.17, 15) is 23.7 Å². The molecule has 41 heavy (non-hydrogen) atoms. The van der Waals surface area contributed by atoms with Crippen LogP contribution in [0.3, 0.4) is 0 Å². The van der Waals surface area contributed by atoms with Crippen LogP contribution < -0.4 is 10.0 Å². The van der Waals surface area contributed by atoms with Crippen molar-refractivity contribution in [1.82, 2.24) is 10.0 Å². The maximum absolute atomic E-state index is 12.7. The third kappa shape index (κ3) is 11.9. The van der Waals surface area contributed by atoms with Gasteiger partial charge in [0.2, 0.25) is 10.0 Å². The van der Waals surface area contributed by atoms with Gasteiger partial charge in [-0.2, -0.15) is 0 Å². The fourth-order valence-electron chi connectivity index (χ4n) is 4.46. The molecule has 0 radical (unpaired) electrons. The Bertz CT molecular complexity index is 1270. The van der Waals surface area contributed by atoms with Crippen molar-refractivity contribution in [2.45, 2.75) is 69.1 Å². The van der Waals surface area contributed by atoms with Gasteiger partial charge >= 0.3 is 0 Å². The summed E-state index contributed by atoms with van der Waals surface area (Å²) in [5, 5.41) is 32.4. The van der Waals surface area contributed by atoms with Crippen LogP contribution in [0.25, 0.3) is 0 Å². The van der Waals surface area contributed by atoms with Crippen molar-refractivity contribution in [1.29, 1.82) is 0 Å². The lowest BCUT2D eigenvalue weighted by molar-refractivity contribution is 0.126. The molecule has 0 saturated heterocycles. The molecule has 0 spiro atoms. The summed E-state index contributed by atoms with van der Waals surface area (Å²) in [5.74, 6) is 0.0318. The fraction of sp³-hybridized carbons (Fsp3) is 0.438. The lowest BCUT2D eigenvalue weighted by Crippen LogP contribution is -2.23. The number of aliphatic hydroxyl groups excluding tert-OH is 2. The van der Waals surface area contributed by atoms with Crippen LogP contribution in [-0.2, 0) is 34.3 Å². The second-order valence-electron chi connectivity index (χ2n) is 10.2. The SMILES string of the molecule is O=S(=O)(NCc1ccccc1)c1cccc(CCCCOCCCCCCNC[C@H](O)c2ccc(O)c(CO)c2)c1. The van der Waals surface area contributed by atoms with Gasteiger partial charge in [-0.15, -0.1) is 0 Å². The molecule has 3 aromatic rings. The molecule has 0 aromatic heterocycles. The number of rotatable bonds is 20. The molecule has 0 bridgehead atoms. The molecule has 0 saturated carbocycles. The number of aromatic hydroxyl groups is 1. The predicted octanol–water partition coefficient (Wildman–Crippen LogP) is 4.59. The highest BCUT2D eigenvalue weighted by molar-refractivity contribution is 7.89. The van der Waals surface area contributed by atoms with Crippen molar-refractivity contribution in [3.63, 3.8) is 0 Å². The topological polar surface area (TPSA) is 128 Å². The first kappa shape index (κ1) is 32.7. The molecule has 0 aliphatic rings. The first-order valence-corrected chi connectivity index (χ1v) is 15.9. The van der Waals surface area contributed by atoms with E-state index in [0.717, 1.165) is 69.2 Å². The van der Waals surface area contributed by atoms with E-state index in [-0.39, 0.29) is 18.9 Å². The van der Waals surface area contributed by atoms with Crippen molar-refractivity contribution in [2.24, 2.45) is 0 Å². The molecule has 224 valence electrons. The molecule has 3 aromatic carbocycles. The van der Waals surface area contributed by atoms with Gasteiger partial charge < -0.3 is 25.4 Å². The van der Waals surface area contributed by atoms with Crippen molar-refractivity contribution in [2.75, 3.05) is 26.3 Å². The van der Waals surface area contributed by atoms with Gasteiger partial charge in [-0.05, 0) is 79.6 Å². The predicted molar refractivity (Wildman–Crippen MR) is 161 cm³/mol. The molecule has 9 heteroatoms. The van der Waals surface area contributed by atoms with Gasteiger partial charge in [0.15, 0.2) is 0 Å². The Labute approximate surface area is 244 Å². The molecule has 0 amide bonds. The summed E-state index contributed by atoms with van der Waals surface area (Å²) in [7, 11) is -3.56. The Hall–Kier alpha value is -2.79. The smallest absolute Gasteiger partial charge is 0.240 e. The van der Waals surface area contributed by atoms with E-state index >= 15 is 0 Å². The van der Waals surface area contributed by atoms with Gasteiger partial charge in [-0.3, -0.25) is 0 Å². The van der Waals surface area contributed by atoms with Crippen molar-refractivity contribution in [3.05, 3.63) is 95.1 Å². The van der Waals surface area contributed by atoms with E-state index in [1.165, 1.54) is 6.07 Å². The normalized spacial score (nSPS) is 12.4. The minimum atomic E-state index is -3.56. The summed E-state index contributed by atoms with van der Waals surface area (Å²) >= 11 is 0. The molecule has 0 fully saturated rings. The summed E-state index contributed by atoms with van der Waals surface area (Å²) in [5.41, 5.74) is 3.01. The number of ether oxygens (including phenoxy) is 1. The van der Waals surface area contributed by atoms with Gasteiger partial charge in [0, 0.05) is 31.9 Å². The van der Waals surface area contributed by atoms with E-state index in [1.54, 1.807) is 30.3 Å². The average Bonchev–Trinajstić information content (AvgIpc) is 2.99. The lowest BCUT2D eigenvalue weighted by atomic mass is 10.1. The molecule has 0 unspecified atom stereocenters. The first-order valence-electron chi connectivity index (χ1n) is 14.4. The molecule has 1 atom stereocenters. The molecule has 0 aliphatic heterocycles. The first-order chi connectivity index (χ1) is 19.9. The summed E-state index contributed by atoms with van der Waals surface area (Å²) in [6, 6.07) is 21.4. The minimum Gasteiger partial charge on any atom is -0.508 e. The third-order valence-corrected chi connectivity index (χ3v) is 8.31. The number of aliphatic hydroxyl groups is 2. The number of benzene rings is 3. The second-order valence-corrected chi connectivity index (χ2v) is 12.0. The van der Waals surface area contributed by atoms with Crippen molar-refractivity contribution in [3.8, 4) is 5.75 Å². The number of sulfonamides is 1. The largest absolute Gasteiger partial charge is 0.508 e. The summed E-state index contributed by atoms with van der Waals surface area (Å²) in [6.07, 6.45) is 6.18. The third-order valence-electron chi connectivity index (χ3n) is 6.91. The maximum atomic E-state index is 12.7. The number of hydrogen-bond donors (Lipinski definition) is 5. The van der Waals surface area contributed by atoms with E-state index in [0.29, 0.717) is 29.2 Å². The van der Waals surface area contributed by atoms with Crippen LogP contribution in [0.4, 0.5) is 0 Å². The summed E-state index contributed by atoms with van der Waals surface area (Å²) < 4.78 is 33.8. The molecule has 8 nitrogen and oxygen atoms in total. The molecule has 0 aliphatic carbocycles. The maximum Gasteiger partial charge on any atom is 0.240 e. The van der Waals surface area contributed by atoms with E-state index in [2.05, 4.69) is 10.0 Å². The number of hydrogen-bond acceptors (Lipinski definition) is 7. The van der Waals surface area contributed by atoms with Gasteiger partial charge in [0.1, 0.15) is 5.75 Å². The van der Waals surface area contributed by atoms with Crippen LogP contribution in [0.5, 0.6) is 5.75 Å². The molecular weight excluding hydrogens is 540 g/mol. The standard InChI is InChI=1S/C32H44N2O6S/c35-25-29-22-28(16-17-31(29)36)32(37)24-33-18-7-1-2-8-19-40-20-9-6-11-26-14-10-15-30(21-26)41(38,39)34-23-27-12-4-3-5-13-27/h3-5,10,12-17,21-22,32-37H,1-2,6-9,11,18-20,23-25H2/t32-/m0/s1. The van der Waals surface area contributed by atoms with Crippen LogP contribution in [0, 0.1) is 0 Å². The zero-order valence-electron chi connectivity index (χ0n) is 23.7. The molecule has 0 heterocycles. The van der Waals surface area contributed by atoms with E-state index < -0.39 is 16.1 Å². The summed E-state index contributed by atoms with van der Waals surface area (Å²) in [4.78, 5) is 0.294. The second kappa shape index (κ2) is 17.9. The highest BCUT2D eigenvalue weighted by Crippen LogP contribution is 2.22. The molecule has 5 N–H and O–H groups in total. The Kier molecular flexibility index (Phi) is 14.3. The van der Waals surface area contributed by atoms with Crippen LogP contribution in [-0.4, -0.2) is 50.0 Å². The molecule has 3 rings (SSSR count). The Morgan fingerprint density at radius 1 is 0.805 bits per heavy atom. The van der Waals surface area contributed by atoms with Gasteiger partial charge in [0.05, 0.1) is 17.6 Å². The van der Waals surface area contributed by atoms with Crippen LogP contribution in [0.2, 0.25) is 0 Å². The highest BCUT2D eigenvalue weighted by atomic mass is 32.2. The Morgan fingerprint density at radius 2 is 1.54 bits per heavy atom. The number of aryl methyl sites for hydroxylation is 1. The Balaban J connectivity index is 1.18. The van der Waals surface area contributed by atoms with Gasteiger partial charge in [0.25, 0.3) is 0 Å². The van der Waals surface area contributed by atoms with Crippen molar-refractivity contribution < 1.29 is 28.5 Å². The lowest BCUT2D eigenvalue weighted by Gasteiger charge is -2.14. The van der Waals surface area contributed by atoms with Crippen LogP contribution in [0.1, 0.15) is 66.9 Å². The highest BCUT2D eigenvalue weighted by Gasteiger charge is 2.14. The van der Waals surface area contributed by atoms with Crippen molar-refractivity contribution >= 4 is 10.0 Å². The zero-order chi connectivity index (χ0) is 29.3. The van der Waals surface area contributed by atoms with E-state index in [4.69, 9.17) is 4.74 Å². The van der Waals surface area contributed by atoms with E-state index in [1.807, 2.05) is 36.4 Å². The summed E-state index contributed by atoms with van der Waals surface area (Å²) in [6.45, 7) is 2.67. The zero-order valence-corrected chi connectivity index (χ0v) is 24.5.